The molecule has 0 aromatic heterocycles. The van der Waals surface area contributed by atoms with Gasteiger partial charge in [-0.2, -0.15) is 0 Å². The van der Waals surface area contributed by atoms with Crippen molar-refractivity contribution in [1.82, 2.24) is 0 Å². The highest BCUT2D eigenvalue weighted by Gasteiger charge is 2.29. The molecule has 132 valence electrons. The fourth-order valence-electron chi connectivity index (χ4n) is 2.51. The highest BCUT2D eigenvalue weighted by Crippen LogP contribution is 2.29. The van der Waals surface area contributed by atoms with Gasteiger partial charge in [0.05, 0.1) is 41.0 Å². The van der Waals surface area contributed by atoms with E-state index in [1.165, 1.54) is 0 Å². The van der Waals surface area contributed by atoms with Gasteiger partial charge >= 0.3 is 0 Å². The number of hydrogen-bond donors (Lipinski definition) is 0. The topological polar surface area (TPSA) is 57.1 Å². The van der Waals surface area contributed by atoms with Gasteiger partial charge in [0.2, 0.25) is 5.90 Å². The minimum absolute atomic E-state index is 0.294. The largest absolute Gasteiger partial charge is 0.497 e. The van der Waals surface area contributed by atoms with E-state index in [1.54, 1.807) is 50.6 Å². The summed E-state index contributed by atoms with van der Waals surface area (Å²) in [6.07, 6.45) is 0. The van der Waals surface area contributed by atoms with Crippen LogP contribution in [0.25, 0.3) is 0 Å². The zero-order valence-electron chi connectivity index (χ0n) is 14.7. The predicted octanol–water partition coefficient (Wildman–Crippen LogP) is 3.43. The van der Waals surface area contributed by atoms with Gasteiger partial charge in [-0.1, -0.05) is 0 Å². The molecule has 0 fully saturated rings. The van der Waals surface area contributed by atoms with E-state index in [2.05, 4.69) is 4.99 Å². The zero-order valence-corrected chi connectivity index (χ0v) is 15.6. The van der Waals surface area contributed by atoms with Crippen molar-refractivity contribution in [1.29, 1.82) is 0 Å². The van der Waals surface area contributed by atoms with Gasteiger partial charge in [0.1, 0.15) is 18.1 Å². The Kier molecular flexibility index (Phi) is 4.81. The molecule has 2 aromatic carbocycles. The summed E-state index contributed by atoms with van der Waals surface area (Å²) in [5.74, 6) is 1.89. The van der Waals surface area contributed by atoms with Gasteiger partial charge in [0.25, 0.3) is 0 Å². The van der Waals surface area contributed by atoms with Crippen molar-refractivity contribution in [3.8, 4) is 11.5 Å². The first-order valence-corrected chi connectivity index (χ1v) is 9.05. The summed E-state index contributed by atoms with van der Waals surface area (Å²) >= 11 is 0. The monoisotopic (exact) mass is 359 g/mol. The van der Waals surface area contributed by atoms with Gasteiger partial charge in [0, 0.05) is 4.90 Å². The molecule has 6 heteroatoms. The van der Waals surface area contributed by atoms with Crippen molar-refractivity contribution in [2.45, 2.75) is 29.2 Å². The van der Waals surface area contributed by atoms with E-state index in [-0.39, 0.29) is 5.54 Å². The summed E-state index contributed by atoms with van der Waals surface area (Å²) in [4.78, 5) is 5.94. The summed E-state index contributed by atoms with van der Waals surface area (Å²) in [5.41, 5.74) is 0.399. The summed E-state index contributed by atoms with van der Waals surface area (Å²) < 4.78 is 29.3. The van der Waals surface area contributed by atoms with Crippen LogP contribution in [0.15, 0.2) is 57.2 Å². The molecule has 0 saturated carbocycles. The molecule has 1 unspecified atom stereocenters. The second-order valence-electron chi connectivity index (χ2n) is 6.32. The summed E-state index contributed by atoms with van der Waals surface area (Å²) in [7, 11) is 1.83. The molecule has 0 aliphatic carbocycles. The molecule has 1 aliphatic rings. The van der Waals surface area contributed by atoms with Gasteiger partial charge in [-0.3, -0.25) is 0 Å². The molecule has 0 bridgehead atoms. The van der Waals surface area contributed by atoms with Crippen LogP contribution < -0.4 is 9.47 Å². The first kappa shape index (κ1) is 17.5. The molecule has 0 saturated heterocycles. The molecule has 0 N–H and O–H groups in total. The fraction of sp³-hybridized carbons (Fsp3) is 0.316. The molecule has 2 aromatic rings. The molecule has 5 nitrogen and oxygen atoms in total. The SMILES string of the molecule is COc1ccc(S(=O)c2ccc(OC)cc2C2=NC(C)(C)CO2)cc1. The van der Waals surface area contributed by atoms with Crippen molar-refractivity contribution in [2.24, 2.45) is 4.99 Å². The minimum Gasteiger partial charge on any atom is -0.497 e. The van der Waals surface area contributed by atoms with Crippen LogP contribution in [0.4, 0.5) is 0 Å². The van der Waals surface area contributed by atoms with Gasteiger partial charge in [-0.15, -0.1) is 0 Å². The van der Waals surface area contributed by atoms with Crippen LogP contribution in [0.5, 0.6) is 11.5 Å². The number of methoxy groups -OCH3 is 2. The number of benzene rings is 2. The molecule has 25 heavy (non-hydrogen) atoms. The minimum atomic E-state index is -1.37. The zero-order chi connectivity index (χ0) is 18.0. The number of aliphatic imine (C=N–C) groups is 1. The molecular weight excluding hydrogens is 338 g/mol. The average molecular weight is 359 g/mol. The Hall–Kier alpha value is -2.34. The molecule has 0 radical (unpaired) electrons. The van der Waals surface area contributed by atoms with Crippen molar-refractivity contribution in [3.63, 3.8) is 0 Å². The third kappa shape index (κ3) is 3.69. The third-order valence-electron chi connectivity index (χ3n) is 3.86. The number of nitrogens with zero attached hydrogens (tertiary/aromatic N) is 1. The van der Waals surface area contributed by atoms with E-state index in [9.17, 15) is 4.21 Å². The first-order chi connectivity index (χ1) is 11.9. The van der Waals surface area contributed by atoms with Gasteiger partial charge < -0.3 is 14.2 Å². The van der Waals surface area contributed by atoms with E-state index >= 15 is 0 Å². The number of ether oxygens (including phenoxy) is 3. The Bertz CT molecular complexity index is 828. The van der Waals surface area contributed by atoms with Crippen molar-refractivity contribution in [3.05, 3.63) is 48.0 Å². The Morgan fingerprint density at radius 2 is 1.68 bits per heavy atom. The van der Waals surface area contributed by atoms with Crippen LogP contribution in [0.2, 0.25) is 0 Å². The van der Waals surface area contributed by atoms with Gasteiger partial charge in [0.15, 0.2) is 0 Å². The Morgan fingerprint density at radius 1 is 1.04 bits per heavy atom. The third-order valence-corrected chi connectivity index (χ3v) is 5.31. The quantitative estimate of drug-likeness (QED) is 0.821. The van der Waals surface area contributed by atoms with Crippen molar-refractivity contribution < 1.29 is 18.4 Å². The molecule has 3 rings (SSSR count). The average Bonchev–Trinajstić information content (AvgIpc) is 3.00. The summed E-state index contributed by atoms with van der Waals surface area (Å²) in [6, 6.07) is 12.6. The lowest BCUT2D eigenvalue weighted by Crippen LogP contribution is -2.17. The first-order valence-electron chi connectivity index (χ1n) is 7.90. The Labute approximate surface area is 150 Å². The highest BCUT2D eigenvalue weighted by molar-refractivity contribution is 7.85. The Morgan fingerprint density at radius 3 is 2.24 bits per heavy atom. The van der Waals surface area contributed by atoms with Crippen LogP contribution in [0.3, 0.4) is 0 Å². The standard InChI is InChI=1S/C19H21NO4S/c1-19(2)12-24-18(20-19)16-11-14(23-4)7-10-17(16)25(21)15-8-5-13(22-3)6-9-15/h5-11H,12H2,1-4H3. The predicted molar refractivity (Wildman–Crippen MR) is 97.2 cm³/mol. The second-order valence-corrected chi connectivity index (χ2v) is 7.77. The maximum Gasteiger partial charge on any atom is 0.218 e. The van der Waals surface area contributed by atoms with Crippen LogP contribution in [-0.4, -0.2) is 36.5 Å². The smallest absolute Gasteiger partial charge is 0.218 e. The van der Waals surface area contributed by atoms with E-state index in [4.69, 9.17) is 14.2 Å². The lowest BCUT2D eigenvalue weighted by molar-refractivity contribution is 0.279. The summed E-state index contributed by atoms with van der Waals surface area (Å²) in [5, 5.41) is 0. The normalized spacial score (nSPS) is 16.7. The fourth-order valence-corrected chi connectivity index (χ4v) is 3.69. The number of rotatable bonds is 5. The van der Waals surface area contributed by atoms with E-state index in [1.807, 2.05) is 19.9 Å². The lowest BCUT2D eigenvalue weighted by atomic mass is 10.1. The van der Waals surface area contributed by atoms with Crippen LogP contribution in [-0.2, 0) is 15.5 Å². The lowest BCUT2D eigenvalue weighted by Gasteiger charge is -2.11. The maximum atomic E-state index is 13.1. The van der Waals surface area contributed by atoms with E-state index in [0.717, 1.165) is 5.75 Å². The second kappa shape index (κ2) is 6.88. The van der Waals surface area contributed by atoms with Gasteiger partial charge in [-0.05, 0) is 56.3 Å². The van der Waals surface area contributed by atoms with Crippen molar-refractivity contribution >= 4 is 16.7 Å². The number of hydrogen-bond acceptors (Lipinski definition) is 5. The van der Waals surface area contributed by atoms with Crippen LogP contribution >= 0.6 is 0 Å². The molecular formula is C19H21NO4S. The highest BCUT2D eigenvalue weighted by atomic mass is 32.2. The molecule has 1 heterocycles. The molecule has 1 aliphatic heterocycles. The Balaban J connectivity index is 2.04. The van der Waals surface area contributed by atoms with Gasteiger partial charge in [-0.25, -0.2) is 9.20 Å². The molecule has 1 atom stereocenters. The molecule has 0 amide bonds. The van der Waals surface area contributed by atoms with Crippen LogP contribution in [0.1, 0.15) is 19.4 Å². The van der Waals surface area contributed by atoms with E-state index in [0.29, 0.717) is 33.6 Å². The summed E-state index contributed by atoms with van der Waals surface area (Å²) in [6.45, 7) is 4.49. The van der Waals surface area contributed by atoms with E-state index < -0.39 is 10.8 Å². The van der Waals surface area contributed by atoms with Crippen LogP contribution in [0, 0.1) is 0 Å². The van der Waals surface area contributed by atoms with Crippen molar-refractivity contribution in [2.75, 3.05) is 20.8 Å². The maximum absolute atomic E-state index is 13.1. The molecule has 0 spiro atoms.